The molecule has 6 heteroatoms. The predicted molar refractivity (Wildman–Crippen MR) is 110 cm³/mol. The average molecular weight is 398 g/mol. The van der Waals surface area contributed by atoms with Gasteiger partial charge in [-0.2, -0.15) is 0 Å². The molecule has 0 N–H and O–H groups in total. The third-order valence-corrected chi connectivity index (χ3v) is 4.97. The van der Waals surface area contributed by atoms with Gasteiger partial charge in [-0.15, -0.1) is 0 Å². The van der Waals surface area contributed by atoms with Crippen molar-refractivity contribution >= 4 is 11.5 Å². The Morgan fingerprint density at radius 1 is 0.897 bits per heavy atom. The predicted octanol–water partition coefficient (Wildman–Crippen LogP) is 4.05. The molecule has 29 heavy (non-hydrogen) atoms. The van der Waals surface area contributed by atoms with Gasteiger partial charge >= 0.3 is 5.97 Å². The van der Waals surface area contributed by atoms with E-state index in [0.717, 1.165) is 35.3 Å². The van der Waals surface area contributed by atoms with E-state index >= 15 is 0 Å². The standard InChI is InChI=1S/C23H26O6/c1-25-17-8-5-15(6-9-17)7-10-18-11-16(12-22(24)29-18)23-20(27-3)13-19(26-2)14-21(23)28-4/h5-6,8-9,12-14,18H,7,10-11H2,1-4H3/t18-/m0/s1. The Bertz CT molecular complexity index is 860. The lowest BCUT2D eigenvalue weighted by Gasteiger charge is -2.25. The molecule has 154 valence electrons. The lowest BCUT2D eigenvalue weighted by atomic mass is 9.93. The summed E-state index contributed by atoms with van der Waals surface area (Å²) in [6.07, 6.45) is 3.39. The number of methoxy groups -OCH3 is 4. The second-order valence-electron chi connectivity index (χ2n) is 6.73. The van der Waals surface area contributed by atoms with Crippen LogP contribution in [0.25, 0.3) is 5.57 Å². The first-order valence-corrected chi connectivity index (χ1v) is 9.42. The normalized spacial score (nSPS) is 15.9. The highest BCUT2D eigenvalue weighted by molar-refractivity contribution is 5.95. The third-order valence-electron chi connectivity index (χ3n) is 4.97. The molecule has 0 saturated carbocycles. The Morgan fingerprint density at radius 2 is 1.52 bits per heavy atom. The van der Waals surface area contributed by atoms with Gasteiger partial charge in [0.15, 0.2) is 0 Å². The van der Waals surface area contributed by atoms with Crippen molar-refractivity contribution in [3.05, 3.63) is 53.6 Å². The third kappa shape index (κ3) is 4.83. The molecule has 0 bridgehead atoms. The molecule has 0 aromatic heterocycles. The van der Waals surface area contributed by atoms with Crippen LogP contribution in [0.5, 0.6) is 23.0 Å². The maximum absolute atomic E-state index is 12.3. The van der Waals surface area contributed by atoms with E-state index in [0.29, 0.717) is 23.7 Å². The smallest absolute Gasteiger partial charge is 0.331 e. The van der Waals surface area contributed by atoms with Crippen LogP contribution in [0.4, 0.5) is 0 Å². The number of hydrogen-bond acceptors (Lipinski definition) is 6. The van der Waals surface area contributed by atoms with Gasteiger partial charge in [-0.05, 0) is 36.1 Å². The molecule has 0 radical (unpaired) electrons. The zero-order valence-electron chi connectivity index (χ0n) is 17.2. The molecule has 0 amide bonds. The monoisotopic (exact) mass is 398 g/mol. The van der Waals surface area contributed by atoms with Crippen LogP contribution in [0.15, 0.2) is 42.5 Å². The van der Waals surface area contributed by atoms with E-state index in [9.17, 15) is 4.79 Å². The van der Waals surface area contributed by atoms with Crippen molar-refractivity contribution in [1.29, 1.82) is 0 Å². The van der Waals surface area contributed by atoms with Gasteiger partial charge in [0.25, 0.3) is 0 Å². The maximum Gasteiger partial charge on any atom is 0.331 e. The number of rotatable bonds is 8. The molecule has 1 atom stereocenters. The highest BCUT2D eigenvalue weighted by Gasteiger charge is 2.27. The van der Waals surface area contributed by atoms with Gasteiger partial charge in [0.2, 0.25) is 0 Å². The van der Waals surface area contributed by atoms with Gasteiger partial charge in [-0.3, -0.25) is 0 Å². The number of cyclic esters (lactones) is 1. The van der Waals surface area contributed by atoms with Gasteiger partial charge in [0.1, 0.15) is 29.1 Å². The minimum atomic E-state index is -0.356. The topological polar surface area (TPSA) is 63.2 Å². The fourth-order valence-electron chi connectivity index (χ4n) is 3.46. The van der Waals surface area contributed by atoms with Crippen molar-refractivity contribution in [3.8, 4) is 23.0 Å². The Morgan fingerprint density at radius 3 is 2.07 bits per heavy atom. The summed E-state index contributed by atoms with van der Waals surface area (Å²) in [5.41, 5.74) is 2.75. The van der Waals surface area contributed by atoms with Crippen LogP contribution in [0.2, 0.25) is 0 Å². The Labute approximate surface area is 171 Å². The summed E-state index contributed by atoms with van der Waals surface area (Å²) in [7, 11) is 6.40. The van der Waals surface area contributed by atoms with Crippen LogP contribution in [-0.2, 0) is 16.0 Å². The Kier molecular flexibility index (Phi) is 6.65. The molecular weight excluding hydrogens is 372 g/mol. The summed E-state index contributed by atoms with van der Waals surface area (Å²) in [4.78, 5) is 12.3. The molecule has 1 aliphatic rings. The minimum absolute atomic E-state index is 0.221. The van der Waals surface area contributed by atoms with Crippen LogP contribution in [-0.4, -0.2) is 40.5 Å². The fourth-order valence-corrected chi connectivity index (χ4v) is 3.46. The zero-order valence-corrected chi connectivity index (χ0v) is 17.2. The molecule has 1 aliphatic heterocycles. The fraction of sp³-hybridized carbons (Fsp3) is 0.348. The van der Waals surface area contributed by atoms with Crippen LogP contribution >= 0.6 is 0 Å². The van der Waals surface area contributed by atoms with Gasteiger partial charge in [-0.1, -0.05) is 12.1 Å². The Hall–Kier alpha value is -3.15. The van der Waals surface area contributed by atoms with Crippen molar-refractivity contribution in [2.45, 2.75) is 25.4 Å². The summed E-state index contributed by atoms with van der Waals surface area (Å²) in [5.74, 6) is 2.28. The van der Waals surface area contributed by atoms with Crippen LogP contribution in [0, 0.1) is 0 Å². The SMILES string of the molecule is COc1ccc(CC[C@H]2CC(c3c(OC)cc(OC)cc3OC)=CC(=O)O2)cc1. The highest BCUT2D eigenvalue weighted by Crippen LogP contribution is 2.42. The zero-order chi connectivity index (χ0) is 20.8. The first-order chi connectivity index (χ1) is 14.1. The molecule has 1 heterocycles. The summed E-state index contributed by atoms with van der Waals surface area (Å²) in [5, 5.41) is 0. The number of carbonyl (C=O) groups excluding carboxylic acids is 1. The number of aryl methyl sites for hydroxylation is 1. The molecule has 2 aromatic rings. The second kappa shape index (κ2) is 9.37. The quantitative estimate of drug-likeness (QED) is 0.625. The number of hydrogen-bond donors (Lipinski definition) is 0. The van der Waals surface area contributed by atoms with E-state index in [1.807, 2.05) is 24.3 Å². The van der Waals surface area contributed by atoms with E-state index < -0.39 is 0 Å². The van der Waals surface area contributed by atoms with E-state index in [1.165, 1.54) is 6.08 Å². The van der Waals surface area contributed by atoms with Gasteiger partial charge in [0.05, 0.1) is 34.0 Å². The summed E-state index contributed by atoms with van der Waals surface area (Å²) >= 11 is 0. The van der Waals surface area contributed by atoms with Crippen LogP contribution in [0.3, 0.4) is 0 Å². The van der Waals surface area contributed by atoms with Crippen LogP contribution in [0.1, 0.15) is 24.0 Å². The van der Waals surface area contributed by atoms with E-state index in [4.69, 9.17) is 23.7 Å². The van der Waals surface area contributed by atoms with Crippen molar-refractivity contribution in [2.24, 2.45) is 0 Å². The molecule has 3 rings (SSSR count). The summed E-state index contributed by atoms with van der Waals surface area (Å²) in [6.45, 7) is 0. The Balaban J connectivity index is 1.79. The summed E-state index contributed by atoms with van der Waals surface area (Å²) in [6, 6.07) is 11.5. The minimum Gasteiger partial charge on any atom is -0.497 e. The molecule has 0 aliphatic carbocycles. The average Bonchev–Trinajstić information content (AvgIpc) is 2.76. The number of esters is 1. The van der Waals surface area contributed by atoms with Crippen LogP contribution < -0.4 is 18.9 Å². The molecule has 0 spiro atoms. The lowest BCUT2D eigenvalue weighted by Crippen LogP contribution is -2.23. The van der Waals surface area contributed by atoms with E-state index in [2.05, 4.69) is 0 Å². The van der Waals surface area contributed by atoms with Gasteiger partial charge in [-0.25, -0.2) is 4.79 Å². The molecular formula is C23H26O6. The molecule has 0 unspecified atom stereocenters. The molecule has 6 nitrogen and oxygen atoms in total. The van der Waals surface area contributed by atoms with Gasteiger partial charge in [0, 0.05) is 24.6 Å². The number of ether oxygens (including phenoxy) is 5. The molecule has 2 aromatic carbocycles. The maximum atomic E-state index is 12.3. The first-order valence-electron chi connectivity index (χ1n) is 9.42. The van der Waals surface area contributed by atoms with Crippen molar-refractivity contribution < 1.29 is 28.5 Å². The van der Waals surface area contributed by atoms with E-state index in [1.54, 1.807) is 40.6 Å². The largest absolute Gasteiger partial charge is 0.497 e. The lowest BCUT2D eigenvalue weighted by molar-refractivity contribution is -0.143. The van der Waals surface area contributed by atoms with Crippen molar-refractivity contribution in [3.63, 3.8) is 0 Å². The highest BCUT2D eigenvalue weighted by atomic mass is 16.5. The van der Waals surface area contributed by atoms with E-state index in [-0.39, 0.29) is 12.1 Å². The molecule has 0 saturated heterocycles. The second-order valence-corrected chi connectivity index (χ2v) is 6.73. The first kappa shape index (κ1) is 20.6. The summed E-state index contributed by atoms with van der Waals surface area (Å²) < 4.78 is 27.1. The number of benzene rings is 2. The molecule has 0 fully saturated rings. The van der Waals surface area contributed by atoms with Crippen molar-refractivity contribution in [1.82, 2.24) is 0 Å². The van der Waals surface area contributed by atoms with Crippen molar-refractivity contribution in [2.75, 3.05) is 28.4 Å². The number of carbonyl (C=O) groups is 1. The van der Waals surface area contributed by atoms with Gasteiger partial charge < -0.3 is 23.7 Å².